The van der Waals surface area contributed by atoms with Gasteiger partial charge in [-0.1, -0.05) is 59.4 Å². The molecule has 0 atom stereocenters. The van der Waals surface area contributed by atoms with Crippen LogP contribution in [0, 0.1) is 0 Å². The van der Waals surface area contributed by atoms with Crippen molar-refractivity contribution in [1.29, 1.82) is 0 Å². The highest BCUT2D eigenvalue weighted by molar-refractivity contribution is 7.98. The summed E-state index contributed by atoms with van der Waals surface area (Å²) in [6.45, 7) is 0. The van der Waals surface area contributed by atoms with Crippen LogP contribution in [-0.2, 0) is 11.5 Å². The zero-order valence-corrected chi connectivity index (χ0v) is 22.7. The normalized spacial score (nSPS) is 13.5. The van der Waals surface area contributed by atoms with Crippen LogP contribution in [0.25, 0.3) is 28.3 Å². The van der Waals surface area contributed by atoms with Crippen molar-refractivity contribution in [2.24, 2.45) is 0 Å². The molecule has 0 spiro atoms. The Morgan fingerprint density at radius 1 is 0.825 bits per heavy atom. The van der Waals surface area contributed by atoms with Crippen LogP contribution < -0.4 is 0 Å². The van der Waals surface area contributed by atoms with Crippen LogP contribution in [0.1, 0.15) is 42.7 Å². The molecular weight excluding hydrogens is 548 g/mol. The predicted octanol–water partition coefficient (Wildman–Crippen LogP) is 6.21. The third kappa shape index (κ3) is 5.42. The maximum absolute atomic E-state index is 5.84. The molecule has 1 saturated carbocycles. The van der Waals surface area contributed by atoms with Crippen molar-refractivity contribution in [2.75, 3.05) is 0 Å². The van der Waals surface area contributed by atoms with E-state index < -0.39 is 0 Å². The van der Waals surface area contributed by atoms with Gasteiger partial charge in [-0.25, -0.2) is 9.67 Å². The van der Waals surface area contributed by atoms with Crippen LogP contribution in [0.3, 0.4) is 0 Å². The van der Waals surface area contributed by atoms with Crippen LogP contribution in [0.5, 0.6) is 0 Å². The Kier molecular flexibility index (Phi) is 6.88. The first-order valence-corrected chi connectivity index (χ1v) is 14.7. The van der Waals surface area contributed by atoms with Crippen molar-refractivity contribution in [1.82, 2.24) is 40.4 Å². The molecule has 40 heavy (non-hydrogen) atoms. The summed E-state index contributed by atoms with van der Waals surface area (Å²) in [5.41, 5.74) is 4.68. The average molecular weight is 571 g/mol. The highest BCUT2D eigenvalue weighted by Gasteiger charge is 2.25. The second-order valence-electron chi connectivity index (χ2n) is 9.19. The first-order chi connectivity index (χ1) is 19.8. The fraction of sp³-hybridized carbons (Fsp3) is 0.222. The van der Waals surface area contributed by atoms with Crippen LogP contribution in [0.2, 0.25) is 0 Å². The van der Waals surface area contributed by atoms with E-state index in [1.807, 2.05) is 42.6 Å². The number of rotatable bonds is 10. The molecule has 0 radical (unpaired) electrons. The lowest BCUT2D eigenvalue weighted by Gasteiger charge is -2.20. The van der Waals surface area contributed by atoms with Gasteiger partial charge in [0.1, 0.15) is 6.26 Å². The molecule has 7 rings (SSSR count). The summed E-state index contributed by atoms with van der Waals surface area (Å²) in [6, 6.07) is 16.1. The zero-order chi connectivity index (χ0) is 26.7. The monoisotopic (exact) mass is 570 g/mol. The van der Waals surface area contributed by atoms with Crippen LogP contribution in [-0.4, -0.2) is 40.4 Å². The van der Waals surface area contributed by atoms with Crippen LogP contribution in [0.15, 0.2) is 90.9 Å². The van der Waals surface area contributed by atoms with Gasteiger partial charge in [0.05, 0.1) is 29.5 Å². The molecule has 11 nitrogen and oxygen atoms in total. The molecule has 1 aliphatic carbocycles. The lowest BCUT2D eigenvalue weighted by molar-refractivity contribution is 0.310. The smallest absolute Gasteiger partial charge is 0.277 e. The summed E-state index contributed by atoms with van der Waals surface area (Å²) in [5.74, 6) is 3.38. The molecule has 0 bridgehead atoms. The van der Waals surface area contributed by atoms with Crippen molar-refractivity contribution in [2.45, 2.75) is 47.1 Å². The van der Waals surface area contributed by atoms with E-state index in [4.69, 9.17) is 13.3 Å². The summed E-state index contributed by atoms with van der Waals surface area (Å²) in [4.78, 5) is 4.10. The highest BCUT2D eigenvalue weighted by atomic mass is 32.2. The van der Waals surface area contributed by atoms with E-state index in [1.54, 1.807) is 17.1 Å². The minimum absolute atomic E-state index is 0.431. The molecule has 1 aliphatic rings. The minimum atomic E-state index is 0.431. The van der Waals surface area contributed by atoms with Gasteiger partial charge in [-0.2, -0.15) is 0 Å². The second kappa shape index (κ2) is 11.1. The maximum Gasteiger partial charge on any atom is 0.277 e. The minimum Gasteiger partial charge on any atom is -0.448 e. The van der Waals surface area contributed by atoms with E-state index in [0.29, 0.717) is 39.7 Å². The van der Waals surface area contributed by atoms with E-state index in [0.717, 1.165) is 46.8 Å². The van der Waals surface area contributed by atoms with E-state index in [2.05, 4.69) is 47.8 Å². The number of benzene rings is 2. The number of oxazole rings is 1. The first-order valence-electron chi connectivity index (χ1n) is 12.7. The standard InChI is InChI=1S/C27H22N8O3S2/c1-3-18(4-1)24-30-32-26(37-24)39-15-21-14-35(34-29-21)22-9-7-17(8-10-22)19-5-2-6-20(13-19)25-31-33-27(38-25)40-16-23-28-11-12-36-23/h2,5-14,18H,1,3-4,15-16H2. The summed E-state index contributed by atoms with van der Waals surface area (Å²) in [5, 5.41) is 26.3. The molecule has 200 valence electrons. The molecule has 2 aromatic carbocycles. The Labute approximate surface area is 236 Å². The van der Waals surface area contributed by atoms with Gasteiger partial charge in [0.15, 0.2) is 0 Å². The van der Waals surface area contributed by atoms with Crippen molar-refractivity contribution in [3.63, 3.8) is 0 Å². The van der Waals surface area contributed by atoms with Gasteiger partial charge in [0.2, 0.25) is 17.7 Å². The van der Waals surface area contributed by atoms with Crippen LogP contribution >= 0.6 is 23.5 Å². The third-order valence-electron chi connectivity index (χ3n) is 6.54. The quantitative estimate of drug-likeness (QED) is 0.173. The highest BCUT2D eigenvalue weighted by Crippen LogP contribution is 2.36. The third-order valence-corrected chi connectivity index (χ3v) is 8.20. The summed E-state index contributed by atoms with van der Waals surface area (Å²) < 4.78 is 18.6. The van der Waals surface area contributed by atoms with E-state index in [-0.39, 0.29) is 0 Å². The Morgan fingerprint density at radius 2 is 1.65 bits per heavy atom. The topological polar surface area (TPSA) is 135 Å². The summed E-state index contributed by atoms with van der Waals surface area (Å²) in [7, 11) is 0. The van der Waals surface area contributed by atoms with Gasteiger partial charge < -0.3 is 13.3 Å². The predicted molar refractivity (Wildman–Crippen MR) is 147 cm³/mol. The molecule has 4 aromatic heterocycles. The Bertz CT molecular complexity index is 1710. The van der Waals surface area contributed by atoms with Gasteiger partial charge in [-0.05, 0) is 48.2 Å². The van der Waals surface area contributed by atoms with Gasteiger partial charge in [0, 0.05) is 17.2 Å². The molecule has 6 aromatic rings. The number of thioether (sulfide) groups is 2. The van der Waals surface area contributed by atoms with E-state index >= 15 is 0 Å². The molecule has 0 amide bonds. The molecule has 13 heteroatoms. The van der Waals surface area contributed by atoms with Crippen molar-refractivity contribution in [3.05, 3.63) is 84.7 Å². The fourth-order valence-corrected chi connectivity index (χ4v) is 5.47. The molecule has 0 aliphatic heterocycles. The number of hydrogen-bond acceptors (Lipinski definition) is 12. The first kappa shape index (κ1) is 24.8. The molecule has 0 N–H and O–H groups in total. The number of nitrogens with zero attached hydrogens (tertiary/aromatic N) is 8. The molecule has 0 unspecified atom stereocenters. The van der Waals surface area contributed by atoms with Gasteiger partial charge in [-0.15, -0.1) is 25.5 Å². The van der Waals surface area contributed by atoms with E-state index in [9.17, 15) is 0 Å². The molecule has 1 fully saturated rings. The lowest BCUT2D eigenvalue weighted by Crippen LogP contribution is -2.08. The average Bonchev–Trinajstić information content (AvgIpc) is 3.78. The lowest BCUT2D eigenvalue weighted by atomic mass is 9.85. The molecule has 4 heterocycles. The van der Waals surface area contributed by atoms with Crippen LogP contribution in [0.4, 0.5) is 0 Å². The van der Waals surface area contributed by atoms with Gasteiger partial charge >= 0.3 is 0 Å². The zero-order valence-electron chi connectivity index (χ0n) is 21.1. The summed E-state index contributed by atoms with van der Waals surface area (Å²) in [6.07, 6.45) is 8.57. The number of aromatic nitrogens is 8. The molecular formula is C27H22N8O3S2. The van der Waals surface area contributed by atoms with Crippen molar-refractivity contribution < 1.29 is 13.3 Å². The number of hydrogen-bond donors (Lipinski definition) is 0. The Morgan fingerprint density at radius 3 is 2.48 bits per heavy atom. The van der Waals surface area contributed by atoms with Crippen molar-refractivity contribution in [3.8, 4) is 28.3 Å². The van der Waals surface area contributed by atoms with E-state index in [1.165, 1.54) is 29.9 Å². The Balaban J connectivity index is 0.991. The van der Waals surface area contributed by atoms with Gasteiger partial charge in [0.25, 0.3) is 10.4 Å². The largest absolute Gasteiger partial charge is 0.448 e. The van der Waals surface area contributed by atoms with Gasteiger partial charge in [-0.3, -0.25) is 0 Å². The molecule has 0 saturated heterocycles. The fourth-order valence-electron chi connectivity index (χ4n) is 4.20. The SMILES string of the molecule is c1cc(-c2ccc(-n3cc(CSc4nnc(C5CCC5)o4)nn3)cc2)cc(-c2nnc(SCc3ncco3)o2)c1. The second-order valence-corrected chi connectivity index (χ2v) is 11.0. The van der Waals surface area contributed by atoms with Crippen molar-refractivity contribution >= 4 is 23.5 Å². The summed E-state index contributed by atoms with van der Waals surface area (Å²) >= 11 is 2.86. The maximum atomic E-state index is 5.84. The Hall–Kier alpha value is -4.23.